The van der Waals surface area contributed by atoms with Crippen molar-refractivity contribution in [2.24, 2.45) is 46.3 Å². The van der Waals surface area contributed by atoms with Gasteiger partial charge in [-0.25, -0.2) is 0 Å². The Kier molecular flexibility index (Phi) is 6.00. The van der Waals surface area contributed by atoms with Crippen LogP contribution in [-0.4, -0.2) is 18.9 Å². The van der Waals surface area contributed by atoms with Gasteiger partial charge in [-0.3, -0.25) is 4.79 Å². The number of fused-ring (bicyclic) bond motifs is 5. The van der Waals surface area contributed by atoms with E-state index in [1.807, 2.05) is 13.8 Å². The smallest absolute Gasteiger partial charge is 0.139 e. The molecule has 7 atom stereocenters. The zero-order valence-electron chi connectivity index (χ0n) is 19.1. The average Bonchev–Trinajstić information content (AvgIpc) is 2.97. The van der Waals surface area contributed by atoms with Crippen LogP contribution >= 0.6 is 0 Å². The van der Waals surface area contributed by atoms with E-state index in [2.05, 4.69) is 19.2 Å². The topological polar surface area (TPSA) is 29.1 Å². The van der Waals surface area contributed by atoms with Crippen LogP contribution in [-0.2, 0) is 4.79 Å². The summed E-state index contributed by atoms with van der Waals surface area (Å²) in [6.07, 6.45) is 14.9. The Hall–Kier alpha value is -0.370. The molecule has 5 rings (SSSR count). The molecule has 5 fully saturated rings. The van der Waals surface area contributed by atoms with Gasteiger partial charge in [0, 0.05) is 11.8 Å². The molecule has 0 aromatic carbocycles. The predicted molar refractivity (Wildman–Crippen MR) is 117 cm³/mol. The summed E-state index contributed by atoms with van der Waals surface area (Å²) >= 11 is 0. The maximum Gasteiger partial charge on any atom is 0.139 e. The van der Waals surface area contributed by atoms with Crippen molar-refractivity contribution in [3.8, 4) is 0 Å². The highest BCUT2D eigenvalue weighted by Gasteiger charge is 2.60. The first-order chi connectivity index (χ1) is 13.5. The second kappa shape index (κ2) is 8.05. The zero-order chi connectivity index (χ0) is 19.9. The van der Waals surface area contributed by atoms with Crippen LogP contribution in [0.3, 0.4) is 0 Å². The molecule has 2 heteroatoms. The lowest BCUT2D eigenvalue weighted by Gasteiger charge is -2.60. The van der Waals surface area contributed by atoms with Gasteiger partial charge in [0.05, 0.1) is 0 Å². The summed E-state index contributed by atoms with van der Waals surface area (Å²) < 4.78 is 0. The lowest BCUT2D eigenvalue weighted by Crippen LogP contribution is -2.53. The minimum absolute atomic E-state index is 0.0539. The molecule has 7 unspecified atom stereocenters. The second-order valence-electron chi connectivity index (χ2n) is 11.3. The predicted octanol–water partition coefficient (Wildman–Crippen LogP) is 6.24. The summed E-state index contributed by atoms with van der Waals surface area (Å²) in [6, 6.07) is 0. The molecule has 0 amide bonds. The number of nitrogens with one attached hydrogen (secondary N) is 1. The third-order valence-corrected chi connectivity index (χ3v) is 10.3. The third kappa shape index (κ3) is 3.30. The van der Waals surface area contributed by atoms with Gasteiger partial charge >= 0.3 is 0 Å². The summed E-state index contributed by atoms with van der Waals surface area (Å²) in [4.78, 5) is 12.6. The van der Waals surface area contributed by atoms with Crippen LogP contribution in [0.15, 0.2) is 0 Å². The Morgan fingerprint density at radius 3 is 2.36 bits per heavy atom. The van der Waals surface area contributed by atoms with Crippen molar-refractivity contribution in [1.82, 2.24) is 5.32 Å². The first-order valence-electron chi connectivity index (χ1n) is 12.7. The highest BCUT2D eigenvalue weighted by Crippen LogP contribution is 2.66. The van der Waals surface area contributed by atoms with Crippen LogP contribution in [0.5, 0.6) is 0 Å². The molecular formula is C26H45NO. The fourth-order valence-corrected chi connectivity index (χ4v) is 8.40. The van der Waals surface area contributed by atoms with Crippen molar-refractivity contribution in [1.29, 1.82) is 0 Å². The van der Waals surface area contributed by atoms with E-state index in [4.69, 9.17) is 0 Å². The maximum absolute atomic E-state index is 12.6. The van der Waals surface area contributed by atoms with Crippen molar-refractivity contribution in [3.05, 3.63) is 0 Å². The van der Waals surface area contributed by atoms with Crippen LogP contribution in [0.25, 0.3) is 0 Å². The molecule has 4 aliphatic carbocycles. The van der Waals surface area contributed by atoms with Crippen LogP contribution in [0.1, 0.15) is 98.3 Å². The summed E-state index contributed by atoms with van der Waals surface area (Å²) in [5.41, 5.74) is 0.642. The molecule has 1 aliphatic heterocycles. The van der Waals surface area contributed by atoms with E-state index in [9.17, 15) is 4.79 Å². The van der Waals surface area contributed by atoms with Crippen molar-refractivity contribution in [2.75, 3.05) is 13.1 Å². The van der Waals surface area contributed by atoms with Crippen molar-refractivity contribution >= 4 is 5.78 Å². The number of hydrogen-bond acceptors (Lipinski definition) is 2. The molecule has 0 radical (unpaired) electrons. The normalized spacial score (nSPS) is 47.9. The number of carbonyl (C=O) groups is 1. The lowest BCUT2D eigenvalue weighted by atomic mass is 9.44. The van der Waals surface area contributed by atoms with Gasteiger partial charge in [0.2, 0.25) is 0 Å². The first kappa shape index (κ1) is 20.9. The van der Waals surface area contributed by atoms with Gasteiger partial charge in [-0.15, -0.1) is 0 Å². The minimum Gasteiger partial charge on any atom is -0.316 e. The Bertz CT molecular complexity index is 569. The van der Waals surface area contributed by atoms with E-state index in [1.165, 1.54) is 77.3 Å². The molecule has 1 saturated heterocycles. The van der Waals surface area contributed by atoms with Crippen LogP contribution < -0.4 is 5.32 Å². The molecule has 0 spiro atoms. The van der Waals surface area contributed by atoms with E-state index < -0.39 is 0 Å². The fourth-order valence-electron chi connectivity index (χ4n) is 8.40. The molecule has 1 N–H and O–H groups in total. The quantitative estimate of drug-likeness (QED) is 0.621. The van der Waals surface area contributed by atoms with E-state index in [0.717, 1.165) is 41.9 Å². The number of rotatable bonds is 3. The Labute approximate surface area is 174 Å². The Morgan fingerprint density at radius 2 is 1.64 bits per heavy atom. The average molecular weight is 388 g/mol. The summed E-state index contributed by atoms with van der Waals surface area (Å²) in [7, 11) is 0. The molecule has 28 heavy (non-hydrogen) atoms. The highest BCUT2D eigenvalue weighted by atomic mass is 16.1. The van der Waals surface area contributed by atoms with Gasteiger partial charge in [0.15, 0.2) is 0 Å². The SMILES string of the molecule is CC.CC12CCC3C(CCC4CC(CCC5CNC5)CCC43C)C1CCC2=O. The highest BCUT2D eigenvalue weighted by molar-refractivity contribution is 5.87. The number of hydrogen-bond donors (Lipinski definition) is 1. The van der Waals surface area contributed by atoms with E-state index in [1.54, 1.807) is 0 Å². The summed E-state index contributed by atoms with van der Waals surface area (Å²) in [5.74, 6) is 6.06. The Morgan fingerprint density at radius 1 is 0.893 bits per heavy atom. The number of carbonyl (C=O) groups excluding carboxylic acids is 1. The van der Waals surface area contributed by atoms with Gasteiger partial charge < -0.3 is 5.32 Å². The fraction of sp³-hybridized carbons (Fsp3) is 0.962. The van der Waals surface area contributed by atoms with Gasteiger partial charge in [-0.05, 0) is 112 Å². The van der Waals surface area contributed by atoms with Crippen LogP contribution in [0.4, 0.5) is 0 Å². The third-order valence-electron chi connectivity index (χ3n) is 10.3. The number of Topliss-reactive ketones (excluding diaryl/α,β-unsaturated/α-hetero) is 1. The number of ketones is 1. The van der Waals surface area contributed by atoms with E-state index in [-0.39, 0.29) is 5.41 Å². The van der Waals surface area contributed by atoms with Gasteiger partial charge in [0.25, 0.3) is 0 Å². The standard InChI is InChI=1S/C24H39NO.C2H6/c1-23-11-9-16(3-4-17-14-25-15-17)13-18(23)5-6-19-20-7-8-22(26)24(20,2)12-10-21(19)23;1-2/h16-21,25H,3-15H2,1-2H3;1-2H3. The van der Waals surface area contributed by atoms with Crippen LogP contribution in [0, 0.1) is 46.3 Å². The maximum atomic E-state index is 12.6. The minimum atomic E-state index is 0.0539. The van der Waals surface area contributed by atoms with Gasteiger partial charge in [0.1, 0.15) is 5.78 Å². The monoisotopic (exact) mass is 387 g/mol. The lowest BCUT2D eigenvalue weighted by molar-refractivity contribution is -0.140. The van der Waals surface area contributed by atoms with E-state index in [0.29, 0.717) is 11.2 Å². The first-order valence-corrected chi connectivity index (χ1v) is 12.7. The van der Waals surface area contributed by atoms with Crippen molar-refractivity contribution in [2.45, 2.75) is 98.3 Å². The van der Waals surface area contributed by atoms with Crippen LogP contribution in [0.2, 0.25) is 0 Å². The Balaban J connectivity index is 0.000000932. The zero-order valence-corrected chi connectivity index (χ0v) is 19.1. The van der Waals surface area contributed by atoms with Gasteiger partial charge in [-0.2, -0.15) is 0 Å². The summed E-state index contributed by atoms with van der Waals surface area (Å²) in [5, 5.41) is 3.43. The second-order valence-corrected chi connectivity index (χ2v) is 11.3. The van der Waals surface area contributed by atoms with E-state index >= 15 is 0 Å². The molecule has 0 aromatic rings. The molecular weight excluding hydrogens is 342 g/mol. The van der Waals surface area contributed by atoms with Crippen molar-refractivity contribution < 1.29 is 4.79 Å². The summed E-state index contributed by atoms with van der Waals surface area (Å²) in [6.45, 7) is 11.5. The molecule has 2 nitrogen and oxygen atoms in total. The molecule has 0 aromatic heterocycles. The molecule has 1 heterocycles. The molecule has 0 bridgehead atoms. The molecule has 5 aliphatic rings. The molecule has 160 valence electrons. The van der Waals surface area contributed by atoms with Gasteiger partial charge in [-0.1, -0.05) is 34.1 Å². The largest absolute Gasteiger partial charge is 0.316 e. The molecule has 4 saturated carbocycles. The van der Waals surface area contributed by atoms with Crippen molar-refractivity contribution in [3.63, 3.8) is 0 Å².